The molecule has 0 heterocycles. The van der Waals surface area contributed by atoms with Crippen LogP contribution < -0.4 is 4.74 Å². The molecule has 0 bridgehead atoms. The molecule has 1 unspecified atom stereocenters. The highest BCUT2D eigenvalue weighted by Crippen LogP contribution is 2.31. The summed E-state index contributed by atoms with van der Waals surface area (Å²) in [5, 5.41) is 1.11. The normalized spacial score (nSPS) is 12.3. The minimum atomic E-state index is -0.0739. The number of halogens is 2. The summed E-state index contributed by atoms with van der Waals surface area (Å²) in [6, 6.07) is 23.5. The van der Waals surface area contributed by atoms with Gasteiger partial charge in [-0.2, -0.15) is 0 Å². The molecule has 3 aromatic carbocycles. The predicted octanol–water partition coefficient (Wildman–Crippen LogP) is 6.75. The van der Waals surface area contributed by atoms with Gasteiger partial charge in [0.05, 0.1) is 16.1 Å². The van der Waals surface area contributed by atoms with Crippen LogP contribution in [0.25, 0.3) is 0 Å². The molecule has 132 valence electrons. The van der Waals surface area contributed by atoms with Crippen LogP contribution in [0.3, 0.4) is 0 Å². The van der Waals surface area contributed by atoms with Gasteiger partial charge in [-0.15, -0.1) is 0 Å². The molecular weight excluding hydrogens is 365 g/mol. The minimum Gasteiger partial charge on any atom is -0.489 e. The maximum absolute atomic E-state index is 6.25. The van der Waals surface area contributed by atoms with E-state index in [0.29, 0.717) is 16.7 Å². The number of nitrogens with zero attached hydrogens (tertiary/aromatic N) is 1. The van der Waals surface area contributed by atoms with Crippen LogP contribution in [0.1, 0.15) is 29.7 Å². The Labute approximate surface area is 164 Å². The number of benzene rings is 3. The van der Waals surface area contributed by atoms with E-state index < -0.39 is 0 Å². The molecule has 3 rings (SSSR count). The van der Waals surface area contributed by atoms with Gasteiger partial charge in [0.2, 0.25) is 0 Å². The van der Waals surface area contributed by atoms with Crippen LogP contribution >= 0.6 is 23.2 Å². The van der Waals surface area contributed by atoms with Crippen LogP contribution in [-0.2, 0) is 6.61 Å². The SMILES string of the molecule is CC(N=Cc1ccc(OCc2ccccc2)cc1)c1cccc(Cl)c1Cl. The van der Waals surface area contributed by atoms with Crippen molar-refractivity contribution < 1.29 is 4.74 Å². The Kier molecular flexibility index (Phi) is 6.32. The molecule has 0 amide bonds. The smallest absolute Gasteiger partial charge is 0.119 e. The first-order valence-electron chi connectivity index (χ1n) is 8.37. The number of aliphatic imine (C=N–C) groups is 1. The van der Waals surface area contributed by atoms with E-state index in [1.54, 1.807) is 6.07 Å². The third kappa shape index (κ3) is 4.87. The zero-order valence-corrected chi connectivity index (χ0v) is 15.9. The summed E-state index contributed by atoms with van der Waals surface area (Å²) in [4.78, 5) is 4.58. The standard InChI is InChI=1S/C22H19Cl2NO/c1-16(20-8-5-9-21(23)22(20)24)25-14-17-10-12-19(13-11-17)26-15-18-6-3-2-4-7-18/h2-14,16H,15H2,1H3. The topological polar surface area (TPSA) is 21.6 Å². The van der Waals surface area contributed by atoms with Crippen molar-refractivity contribution in [3.05, 3.63) is 99.5 Å². The van der Waals surface area contributed by atoms with Crippen molar-refractivity contribution in [1.82, 2.24) is 0 Å². The molecule has 0 aromatic heterocycles. The van der Waals surface area contributed by atoms with Crippen LogP contribution in [0.2, 0.25) is 10.0 Å². The molecule has 4 heteroatoms. The van der Waals surface area contributed by atoms with Crippen LogP contribution in [0.5, 0.6) is 5.75 Å². The highest BCUT2D eigenvalue weighted by atomic mass is 35.5. The van der Waals surface area contributed by atoms with Gasteiger partial charge in [-0.3, -0.25) is 4.99 Å². The number of hydrogen-bond acceptors (Lipinski definition) is 2. The van der Waals surface area contributed by atoms with Gasteiger partial charge >= 0.3 is 0 Å². The number of hydrogen-bond donors (Lipinski definition) is 0. The van der Waals surface area contributed by atoms with Crippen molar-refractivity contribution in [3.8, 4) is 5.75 Å². The molecule has 1 atom stereocenters. The zero-order valence-electron chi connectivity index (χ0n) is 14.4. The summed E-state index contributed by atoms with van der Waals surface area (Å²) in [5.74, 6) is 0.830. The number of rotatable bonds is 6. The summed E-state index contributed by atoms with van der Waals surface area (Å²) >= 11 is 12.3. The minimum absolute atomic E-state index is 0.0739. The van der Waals surface area contributed by atoms with Crippen molar-refractivity contribution in [2.45, 2.75) is 19.6 Å². The molecule has 0 aliphatic carbocycles. The summed E-state index contributed by atoms with van der Waals surface area (Å²) in [5.41, 5.74) is 3.06. The zero-order chi connectivity index (χ0) is 18.4. The maximum atomic E-state index is 6.25. The maximum Gasteiger partial charge on any atom is 0.119 e. The Morgan fingerprint density at radius 3 is 2.38 bits per heavy atom. The molecule has 0 fully saturated rings. The first-order chi connectivity index (χ1) is 12.6. The van der Waals surface area contributed by atoms with Gasteiger partial charge in [-0.25, -0.2) is 0 Å². The predicted molar refractivity (Wildman–Crippen MR) is 110 cm³/mol. The summed E-state index contributed by atoms with van der Waals surface area (Å²) in [7, 11) is 0. The van der Waals surface area contributed by atoms with E-state index in [1.165, 1.54) is 0 Å². The molecule has 2 nitrogen and oxygen atoms in total. The Morgan fingerprint density at radius 1 is 0.923 bits per heavy atom. The second-order valence-electron chi connectivity index (χ2n) is 5.94. The van der Waals surface area contributed by atoms with Gasteiger partial charge in [0.1, 0.15) is 12.4 Å². The van der Waals surface area contributed by atoms with Gasteiger partial charge in [0.15, 0.2) is 0 Å². The van der Waals surface area contributed by atoms with Crippen molar-refractivity contribution in [2.24, 2.45) is 4.99 Å². The monoisotopic (exact) mass is 383 g/mol. The van der Waals surface area contributed by atoms with Crippen molar-refractivity contribution in [1.29, 1.82) is 0 Å². The van der Waals surface area contributed by atoms with Gasteiger partial charge < -0.3 is 4.74 Å². The van der Waals surface area contributed by atoms with E-state index in [2.05, 4.69) is 4.99 Å². The van der Waals surface area contributed by atoms with E-state index in [4.69, 9.17) is 27.9 Å². The third-order valence-electron chi connectivity index (χ3n) is 4.01. The average molecular weight is 384 g/mol. The molecule has 0 aliphatic rings. The molecule has 0 saturated heterocycles. The molecule has 0 N–H and O–H groups in total. The first kappa shape index (κ1) is 18.5. The van der Waals surface area contributed by atoms with Crippen LogP contribution in [0.15, 0.2) is 77.8 Å². The lowest BCUT2D eigenvalue weighted by molar-refractivity contribution is 0.306. The highest BCUT2D eigenvalue weighted by Gasteiger charge is 2.10. The van der Waals surface area contributed by atoms with E-state index in [0.717, 1.165) is 22.4 Å². The van der Waals surface area contributed by atoms with E-state index >= 15 is 0 Å². The molecular formula is C22H19Cl2NO. The van der Waals surface area contributed by atoms with E-state index in [1.807, 2.05) is 79.9 Å². The molecule has 0 radical (unpaired) electrons. The quantitative estimate of drug-likeness (QED) is 0.431. The van der Waals surface area contributed by atoms with Crippen LogP contribution in [0.4, 0.5) is 0 Å². The first-order valence-corrected chi connectivity index (χ1v) is 9.13. The molecule has 0 saturated carbocycles. The lowest BCUT2D eigenvalue weighted by Crippen LogP contribution is -1.95. The Morgan fingerprint density at radius 2 is 1.65 bits per heavy atom. The fourth-order valence-electron chi connectivity index (χ4n) is 2.51. The second kappa shape index (κ2) is 8.88. The fourth-order valence-corrected chi connectivity index (χ4v) is 2.98. The van der Waals surface area contributed by atoms with Gasteiger partial charge in [0.25, 0.3) is 0 Å². The molecule has 3 aromatic rings. The van der Waals surface area contributed by atoms with Crippen molar-refractivity contribution >= 4 is 29.4 Å². The molecule has 26 heavy (non-hydrogen) atoms. The van der Waals surface area contributed by atoms with Crippen LogP contribution in [0, 0.1) is 0 Å². The molecule has 0 aliphatic heterocycles. The van der Waals surface area contributed by atoms with Crippen molar-refractivity contribution in [3.63, 3.8) is 0 Å². The van der Waals surface area contributed by atoms with Gasteiger partial charge in [-0.05, 0) is 53.9 Å². The summed E-state index contributed by atoms with van der Waals surface area (Å²) in [6.07, 6.45) is 1.84. The van der Waals surface area contributed by atoms with E-state index in [-0.39, 0.29) is 6.04 Å². The Hall–Kier alpha value is -2.29. The average Bonchev–Trinajstić information content (AvgIpc) is 2.68. The largest absolute Gasteiger partial charge is 0.489 e. The Bertz CT molecular complexity index is 876. The highest BCUT2D eigenvalue weighted by molar-refractivity contribution is 6.42. The number of ether oxygens (including phenoxy) is 1. The van der Waals surface area contributed by atoms with Gasteiger partial charge in [-0.1, -0.05) is 65.7 Å². The van der Waals surface area contributed by atoms with E-state index in [9.17, 15) is 0 Å². The summed E-state index contributed by atoms with van der Waals surface area (Å²) < 4.78 is 5.79. The van der Waals surface area contributed by atoms with Crippen molar-refractivity contribution in [2.75, 3.05) is 0 Å². The summed E-state index contributed by atoms with van der Waals surface area (Å²) in [6.45, 7) is 2.55. The second-order valence-corrected chi connectivity index (χ2v) is 6.73. The fraction of sp³-hybridized carbons (Fsp3) is 0.136. The Balaban J connectivity index is 1.61. The molecule has 0 spiro atoms. The van der Waals surface area contributed by atoms with Gasteiger partial charge in [0, 0.05) is 6.21 Å². The lowest BCUT2D eigenvalue weighted by atomic mass is 10.1. The lowest BCUT2D eigenvalue weighted by Gasteiger charge is -2.10. The van der Waals surface area contributed by atoms with Crippen LogP contribution in [-0.4, -0.2) is 6.21 Å². The third-order valence-corrected chi connectivity index (χ3v) is 4.84.